The lowest BCUT2D eigenvalue weighted by molar-refractivity contribution is 0.267. The molecule has 0 bridgehead atoms. The third kappa shape index (κ3) is 2.50. The Balaban J connectivity index is 1.70. The Morgan fingerprint density at radius 3 is 3.21 bits per heavy atom. The maximum absolute atomic E-state index is 5.92. The summed E-state index contributed by atoms with van der Waals surface area (Å²) in [6, 6.07) is 3.77. The van der Waals surface area contributed by atoms with Gasteiger partial charge in [-0.15, -0.1) is 0 Å². The third-order valence-corrected chi connectivity index (χ3v) is 3.23. The standard InChI is InChI=1S/C14H17N3O2/c15-12-3-4-13(11-2-1-8-19-14(11)12)18-9-7-17-6-5-16-10-17/h3-6,10H,1-2,7-9,15H2. The van der Waals surface area contributed by atoms with Crippen molar-refractivity contribution in [3.05, 3.63) is 36.4 Å². The monoisotopic (exact) mass is 259 g/mol. The Morgan fingerprint density at radius 1 is 1.42 bits per heavy atom. The fraction of sp³-hybridized carbons (Fsp3) is 0.357. The second kappa shape index (κ2) is 5.22. The molecule has 5 heteroatoms. The van der Waals surface area contributed by atoms with Crippen molar-refractivity contribution in [2.75, 3.05) is 18.9 Å². The van der Waals surface area contributed by atoms with Crippen molar-refractivity contribution < 1.29 is 9.47 Å². The molecule has 19 heavy (non-hydrogen) atoms. The number of nitrogens with two attached hydrogens (primary N) is 1. The van der Waals surface area contributed by atoms with Crippen molar-refractivity contribution in [3.8, 4) is 11.5 Å². The van der Waals surface area contributed by atoms with Crippen molar-refractivity contribution in [3.63, 3.8) is 0 Å². The van der Waals surface area contributed by atoms with Gasteiger partial charge in [-0.05, 0) is 25.0 Å². The molecular formula is C14H17N3O2. The molecule has 0 fully saturated rings. The molecule has 1 aromatic heterocycles. The first-order valence-electron chi connectivity index (χ1n) is 6.47. The molecule has 5 nitrogen and oxygen atoms in total. The topological polar surface area (TPSA) is 62.3 Å². The summed E-state index contributed by atoms with van der Waals surface area (Å²) in [4.78, 5) is 4.00. The Hall–Kier alpha value is -2.17. The fourth-order valence-corrected chi connectivity index (χ4v) is 2.27. The molecule has 1 aromatic carbocycles. The highest BCUT2D eigenvalue weighted by Gasteiger charge is 2.18. The minimum Gasteiger partial charge on any atom is -0.491 e. The van der Waals surface area contributed by atoms with Crippen LogP contribution in [0.15, 0.2) is 30.9 Å². The molecule has 2 heterocycles. The summed E-state index contributed by atoms with van der Waals surface area (Å²) >= 11 is 0. The van der Waals surface area contributed by atoms with Gasteiger partial charge in [0.1, 0.15) is 18.1 Å². The van der Waals surface area contributed by atoms with E-state index in [9.17, 15) is 0 Å². The highest BCUT2D eigenvalue weighted by Crippen LogP contribution is 2.37. The van der Waals surface area contributed by atoms with Gasteiger partial charge in [-0.1, -0.05) is 0 Å². The fourth-order valence-electron chi connectivity index (χ4n) is 2.27. The zero-order valence-electron chi connectivity index (χ0n) is 10.7. The van der Waals surface area contributed by atoms with E-state index in [1.807, 2.05) is 22.9 Å². The normalized spacial score (nSPS) is 13.7. The number of hydrogen-bond donors (Lipinski definition) is 1. The van der Waals surface area contributed by atoms with E-state index in [2.05, 4.69) is 4.98 Å². The van der Waals surface area contributed by atoms with Crippen molar-refractivity contribution in [2.24, 2.45) is 0 Å². The summed E-state index contributed by atoms with van der Waals surface area (Å²) in [6.45, 7) is 2.11. The van der Waals surface area contributed by atoms with Gasteiger partial charge in [0.25, 0.3) is 0 Å². The first-order chi connectivity index (χ1) is 9.34. The van der Waals surface area contributed by atoms with Crippen LogP contribution in [0.4, 0.5) is 5.69 Å². The van der Waals surface area contributed by atoms with Gasteiger partial charge >= 0.3 is 0 Å². The van der Waals surface area contributed by atoms with Crippen LogP contribution in [0, 0.1) is 0 Å². The molecule has 0 saturated heterocycles. The summed E-state index contributed by atoms with van der Waals surface area (Å²) in [7, 11) is 0. The van der Waals surface area contributed by atoms with Gasteiger partial charge in [0, 0.05) is 18.0 Å². The number of rotatable bonds is 4. The van der Waals surface area contributed by atoms with E-state index < -0.39 is 0 Å². The molecule has 3 rings (SSSR count). The number of imidazole rings is 1. The van der Waals surface area contributed by atoms with Crippen LogP contribution < -0.4 is 15.2 Å². The Bertz CT molecular complexity index is 552. The maximum atomic E-state index is 5.92. The number of hydrogen-bond acceptors (Lipinski definition) is 4. The van der Waals surface area contributed by atoms with Crippen LogP contribution >= 0.6 is 0 Å². The third-order valence-electron chi connectivity index (χ3n) is 3.23. The van der Waals surface area contributed by atoms with Gasteiger partial charge in [-0.3, -0.25) is 0 Å². The minimum atomic E-state index is 0.604. The summed E-state index contributed by atoms with van der Waals surface area (Å²) in [5, 5.41) is 0. The SMILES string of the molecule is Nc1ccc(OCCn2ccnc2)c2c1OCCC2. The van der Waals surface area contributed by atoms with Gasteiger partial charge in [-0.25, -0.2) is 4.98 Å². The van der Waals surface area contributed by atoms with E-state index in [1.165, 1.54) is 0 Å². The number of nitrogens with zero attached hydrogens (tertiary/aromatic N) is 2. The van der Waals surface area contributed by atoms with Crippen molar-refractivity contribution in [2.45, 2.75) is 19.4 Å². The van der Waals surface area contributed by atoms with E-state index in [1.54, 1.807) is 12.5 Å². The lowest BCUT2D eigenvalue weighted by Crippen LogP contribution is -2.13. The average molecular weight is 259 g/mol. The molecule has 0 amide bonds. The van der Waals surface area contributed by atoms with Crippen LogP contribution in [-0.4, -0.2) is 22.8 Å². The number of fused-ring (bicyclic) bond motifs is 1. The Morgan fingerprint density at radius 2 is 2.37 bits per heavy atom. The molecule has 0 unspecified atom stereocenters. The smallest absolute Gasteiger partial charge is 0.149 e. The van der Waals surface area contributed by atoms with Crippen LogP contribution in [0.25, 0.3) is 0 Å². The van der Waals surface area contributed by atoms with Gasteiger partial charge in [-0.2, -0.15) is 0 Å². The number of nitrogen functional groups attached to an aromatic ring is 1. The number of anilines is 1. The average Bonchev–Trinajstić information content (AvgIpc) is 2.95. The predicted molar refractivity (Wildman–Crippen MR) is 72.4 cm³/mol. The van der Waals surface area contributed by atoms with E-state index >= 15 is 0 Å². The second-order valence-corrected chi connectivity index (χ2v) is 4.56. The van der Waals surface area contributed by atoms with Crippen molar-refractivity contribution in [1.82, 2.24) is 9.55 Å². The Labute approximate surface area is 112 Å². The van der Waals surface area contributed by atoms with E-state index in [-0.39, 0.29) is 0 Å². The van der Waals surface area contributed by atoms with E-state index in [4.69, 9.17) is 15.2 Å². The van der Waals surface area contributed by atoms with E-state index in [0.717, 1.165) is 43.1 Å². The largest absolute Gasteiger partial charge is 0.491 e. The van der Waals surface area contributed by atoms with E-state index in [0.29, 0.717) is 12.3 Å². The summed E-state index contributed by atoms with van der Waals surface area (Å²) in [5.41, 5.74) is 7.71. The maximum Gasteiger partial charge on any atom is 0.149 e. The zero-order valence-corrected chi connectivity index (χ0v) is 10.7. The van der Waals surface area contributed by atoms with Gasteiger partial charge in [0.15, 0.2) is 0 Å². The lowest BCUT2D eigenvalue weighted by atomic mass is 10.0. The number of ether oxygens (including phenoxy) is 2. The van der Waals surface area contributed by atoms with Crippen molar-refractivity contribution in [1.29, 1.82) is 0 Å². The van der Waals surface area contributed by atoms with Gasteiger partial charge in [0.2, 0.25) is 0 Å². The molecule has 2 N–H and O–H groups in total. The molecule has 1 aliphatic rings. The number of benzene rings is 1. The molecule has 0 spiro atoms. The summed E-state index contributed by atoms with van der Waals surface area (Å²) in [6.07, 6.45) is 7.43. The number of aromatic nitrogens is 2. The summed E-state index contributed by atoms with van der Waals surface area (Å²) in [5.74, 6) is 1.68. The van der Waals surface area contributed by atoms with Crippen LogP contribution in [0.3, 0.4) is 0 Å². The van der Waals surface area contributed by atoms with Gasteiger partial charge < -0.3 is 19.8 Å². The van der Waals surface area contributed by atoms with Crippen LogP contribution in [0.2, 0.25) is 0 Å². The molecule has 0 saturated carbocycles. The molecule has 0 atom stereocenters. The highest BCUT2D eigenvalue weighted by atomic mass is 16.5. The zero-order chi connectivity index (χ0) is 13.1. The van der Waals surface area contributed by atoms with Crippen LogP contribution in [-0.2, 0) is 13.0 Å². The quantitative estimate of drug-likeness (QED) is 0.851. The van der Waals surface area contributed by atoms with Crippen LogP contribution in [0.5, 0.6) is 11.5 Å². The molecule has 100 valence electrons. The second-order valence-electron chi connectivity index (χ2n) is 4.56. The van der Waals surface area contributed by atoms with Gasteiger partial charge in [0.05, 0.1) is 25.2 Å². The minimum absolute atomic E-state index is 0.604. The molecule has 2 aromatic rings. The molecule has 0 radical (unpaired) electrons. The first kappa shape index (κ1) is 11.9. The predicted octanol–water partition coefficient (Wildman–Crippen LogP) is 1.87. The lowest BCUT2D eigenvalue weighted by Gasteiger charge is -2.21. The molecular weight excluding hydrogens is 242 g/mol. The first-order valence-corrected chi connectivity index (χ1v) is 6.47. The molecule has 0 aliphatic carbocycles. The van der Waals surface area contributed by atoms with Crippen molar-refractivity contribution >= 4 is 5.69 Å². The highest BCUT2D eigenvalue weighted by molar-refractivity contribution is 5.62. The molecule has 1 aliphatic heterocycles. The van der Waals surface area contributed by atoms with Crippen LogP contribution in [0.1, 0.15) is 12.0 Å². The Kier molecular flexibility index (Phi) is 3.27. The summed E-state index contributed by atoms with van der Waals surface area (Å²) < 4.78 is 13.5.